The number of ether oxygens (including phenoxy) is 1. The molecule has 4 rings (SSSR count). The summed E-state index contributed by atoms with van der Waals surface area (Å²) < 4.78 is 5.22. The first-order chi connectivity index (χ1) is 14.6. The number of hydrogen-bond acceptors (Lipinski definition) is 6. The standard InChI is InChI=1S/C23H25ClN4O2/c1-30-21-12-9-17(13-19(21)24)26-23-27-20(15-5-3-2-4-6-15)14-22(28-23)25-16-7-10-18(29)11-8-16/h2-6,9,12-14,16,18,29H,7-8,10-11H2,1H3,(H2,25,26,27,28). The molecule has 0 radical (unpaired) electrons. The highest BCUT2D eigenvalue weighted by Crippen LogP contribution is 2.30. The van der Waals surface area contributed by atoms with Gasteiger partial charge < -0.3 is 20.5 Å². The zero-order valence-electron chi connectivity index (χ0n) is 16.8. The number of anilines is 3. The quantitative estimate of drug-likeness (QED) is 0.500. The number of nitrogens with zero attached hydrogens (tertiary/aromatic N) is 2. The maximum absolute atomic E-state index is 9.77. The van der Waals surface area contributed by atoms with Crippen LogP contribution in [0.4, 0.5) is 17.5 Å². The van der Waals surface area contributed by atoms with E-state index in [0.717, 1.165) is 48.4 Å². The molecule has 0 atom stereocenters. The van der Waals surface area contributed by atoms with E-state index in [9.17, 15) is 5.11 Å². The predicted octanol–water partition coefficient (Wildman–Crippen LogP) is 5.26. The lowest BCUT2D eigenvalue weighted by Crippen LogP contribution is -2.28. The Morgan fingerprint density at radius 2 is 1.77 bits per heavy atom. The topological polar surface area (TPSA) is 79.3 Å². The van der Waals surface area contributed by atoms with Gasteiger partial charge in [0, 0.05) is 23.4 Å². The van der Waals surface area contributed by atoms with E-state index in [1.807, 2.05) is 42.5 Å². The molecular formula is C23H25ClN4O2. The van der Waals surface area contributed by atoms with E-state index in [-0.39, 0.29) is 12.1 Å². The normalized spacial score (nSPS) is 18.6. The van der Waals surface area contributed by atoms with Crippen molar-refractivity contribution in [3.8, 4) is 17.0 Å². The molecule has 0 aliphatic heterocycles. The van der Waals surface area contributed by atoms with Gasteiger partial charge >= 0.3 is 0 Å². The Labute approximate surface area is 181 Å². The Balaban J connectivity index is 1.62. The molecule has 0 bridgehead atoms. The van der Waals surface area contributed by atoms with Crippen LogP contribution in [0.5, 0.6) is 5.75 Å². The van der Waals surface area contributed by atoms with Gasteiger partial charge in [-0.2, -0.15) is 4.98 Å². The number of aliphatic hydroxyl groups is 1. The molecule has 156 valence electrons. The van der Waals surface area contributed by atoms with E-state index < -0.39 is 0 Å². The number of rotatable bonds is 6. The fourth-order valence-electron chi connectivity index (χ4n) is 3.64. The highest BCUT2D eigenvalue weighted by atomic mass is 35.5. The third-order valence-corrected chi connectivity index (χ3v) is 5.55. The Morgan fingerprint density at radius 1 is 1.00 bits per heavy atom. The summed E-state index contributed by atoms with van der Waals surface area (Å²) in [6.45, 7) is 0. The first kappa shape index (κ1) is 20.4. The molecule has 0 saturated heterocycles. The summed E-state index contributed by atoms with van der Waals surface area (Å²) >= 11 is 6.26. The smallest absolute Gasteiger partial charge is 0.229 e. The maximum Gasteiger partial charge on any atom is 0.229 e. The molecule has 1 aromatic heterocycles. The molecule has 0 spiro atoms. The van der Waals surface area contributed by atoms with Crippen LogP contribution in [-0.2, 0) is 0 Å². The van der Waals surface area contributed by atoms with Gasteiger partial charge in [0.25, 0.3) is 0 Å². The molecule has 1 aliphatic rings. The molecule has 1 heterocycles. The highest BCUT2D eigenvalue weighted by Gasteiger charge is 2.20. The number of hydrogen-bond donors (Lipinski definition) is 3. The fraction of sp³-hybridized carbons (Fsp3) is 0.304. The molecule has 2 aromatic carbocycles. The van der Waals surface area contributed by atoms with Gasteiger partial charge in [-0.1, -0.05) is 41.9 Å². The van der Waals surface area contributed by atoms with Gasteiger partial charge in [0.1, 0.15) is 11.6 Å². The molecule has 6 nitrogen and oxygen atoms in total. The van der Waals surface area contributed by atoms with Crippen molar-refractivity contribution in [2.45, 2.75) is 37.8 Å². The van der Waals surface area contributed by atoms with Crippen LogP contribution in [0.15, 0.2) is 54.6 Å². The number of nitrogens with one attached hydrogen (secondary N) is 2. The van der Waals surface area contributed by atoms with Gasteiger partial charge in [-0.05, 0) is 43.9 Å². The molecule has 0 amide bonds. The van der Waals surface area contributed by atoms with Gasteiger partial charge in [-0.25, -0.2) is 4.98 Å². The largest absolute Gasteiger partial charge is 0.495 e. The van der Waals surface area contributed by atoms with Crippen LogP contribution in [0.25, 0.3) is 11.3 Å². The molecule has 1 saturated carbocycles. The number of methoxy groups -OCH3 is 1. The second kappa shape index (κ2) is 9.32. The van der Waals surface area contributed by atoms with Crippen molar-refractivity contribution in [2.24, 2.45) is 0 Å². The van der Waals surface area contributed by atoms with E-state index in [1.54, 1.807) is 19.2 Å². The molecule has 7 heteroatoms. The lowest BCUT2D eigenvalue weighted by molar-refractivity contribution is 0.126. The lowest BCUT2D eigenvalue weighted by Gasteiger charge is -2.26. The van der Waals surface area contributed by atoms with Crippen LogP contribution in [0.1, 0.15) is 25.7 Å². The summed E-state index contributed by atoms with van der Waals surface area (Å²) in [5.74, 6) is 1.85. The summed E-state index contributed by atoms with van der Waals surface area (Å²) in [7, 11) is 1.59. The highest BCUT2D eigenvalue weighted by molar-refractivity contribution is 6.32. The Bertz CT molecular complexity index is 992. The van der Waals surface area contributed by atoms with Crippen molar-refractivity contribution >= 4 is 29.1 Å². The maximum atomic E-state index is 9.77. The van der Waals surface area contributed by atoms with E-state index >= 15 is 0 Å². The van der Waals surface area contributed by atoms with Crippen LogP contribution in [0.3, 0.4) is 0 Å². The van der Waals surface area contributed by atoms with E-state index in [0.29, 0.717) is 16.7 Å². The van der Waals surface area contributed by atoms with Gasteiger partial charge in [-0.3, -0.25) is 0 Å². The van der Waals surface area contributed by atoms with Gasteiger partial charge in [0.05, 0.1) is 23.9 Å². The summed E-state index contributed by atoms with van der Waals surface area (Å²) in [5.41, 5.74) is 2.61. The Morgan fingerprint density at radius 3 is 2.47 bits per heavy atom. The average Bonchev–Trinajstić information content (AvgIpc) is 2.76. The molecule has 3 aromatic rings. The molecule has 1 aliphatic carbocycles. The number of aromatic nitrogens is 2. The second-order valence-electron chi connectivity index (χ2n) is 7.45. The minimum Gasteiger partial charge on any atom is -0.495 e. The average molecular weight is 425 g/mol. The minimum absolute atomic E-state index is 0.189. The first-order valence-corrected chi connectivity index (χ1v) is 10.5. The van der Waals surface area contributed by atoms with E-state index in [4.69, 9.17) is 21.3 Å². The summed E-state index contributed by atoms with van der Waals surface area (Å²) in [5, 5.41) is 17.1. The molecular weight excluding hydrogens is 400 g/mol. The molecule has 3 N–H and O–H groups in total. The van der Waals surface area contributed by atoms with Crippen LogP contribution < -0.4 is 15.4 Å². The fourth-order valence-corrected chi connectivity index (χ4v) is 3.89. The van der Waals surface area contributed by atoms with Crippen molar-refractivity contribution in [1.82, 2.24) is 9.97 Å². The predicted molar refractivity (Wildman–Crippen MR) is 121 cm³/mol. The molecule has 0 unspecified atom stereocenters. The van der Waals surface area contributed by atoms with Crippen molar-refractivity contribution < 1.29 is 9.84 Å². The third-order valence-electron chi connectivity index (χ3n) is 5.25. The summed E-state index contributed by atoms with van der Waals surface area (Å²) in [6.07, 6.45) is 3.27. The van der Waals surface area contributed by atoms with E-state index in [2.05, 4.69) is 15.6 Å². The third kappa shape index (κ3) is 5.01. The lowest BCUT2D eigenvalue weighted by atomic mass is 9.93. The molecule has 30 heavy (non-hydrogen) atoms. The minimum atomic E-state index is -0.189. The van der Waals surface area contributed by atoms with Crippen molar-refractivity contribution in [1.29, 1.82) is 0 Å². The zero-order chi connectivity index (χ0) is 20.9. The summed E-state index contributed by atoms with van der Waals surface area (Å²) in [4.78, 5) is 9.37. The van der Waals surface area contributed by atoms with Crippen LogP contribution >= 0.6 is 11.6 Å². The summed E-state index contributed by atoms with van der Waals surface area (Å²) in [6, 6.07) is 17.7. The van der Waals surface area contributed by atoms with Crippen molar-refractivity contribution in [2.75, 3.05) is 17.7 Å². The first-order valence-electron chi connectivity index (χ1n) is 10.1. The van der Waals surface area contributed by atoms with E-state index in [1.165, 1.54) is 0 Å². The number of aliphatic hydroxyl groups excluding tert-OH is 1. The number of benzene rings is 2. The second-order valence-corrected chi connectivity index (χ2v) is 7.86. The van der Waals surface area contributed by atoms with Gasteiger partial charge in [0.15, 0.2) is 0 Å². The molecule has 1 fully saturated rings. The monoisotopic (exact) mass is 424 g/mol. The zero-order valence-corrected chi connectivity index (χ0v) is 17.6. The van der Waals surface area contributed by atoms with Gasteiger partial charge in [-0.15, -0.1) is 0 Å². The Kier molecular flexibility index (Phi) is 6.35. The van der Waals surface area contributed by atoms with Crippen molar-refractivity contribution in [3.63, 3.8) is 0 Å². The van der Waals surface area contributed by atoms with Crippen LogP contribution in [-0.4, -0.2) is 34.3 Å². The van der Waals surface area contributed by atoms with Crippen LogP contribution in [0.2, 0.25) is 5.02 Å². The Hall–Kier alpha value is -2.83. The SMILES string of the molecule is COc1ccc(Nc2nc(NC3CCC(O)CC3)cc(-c3ccccc3)n2)cc1Cl. The van der Waals surface area contributed by atoms with Crippen molar-refractivity contribution in [3.05, 3.63) is 59.6 Å². The van der Waals surface area contributed by atoms with Gasteiger partial charge in [0.2, 0.25) is 5.95 Å². The van der Waals surface area contributed by atoms with Crippen LogP contribution in [0, 0.1) is 0 Å². The number of halogens is 1.